The van der Waals surface area contributed by atoms with E-state index in [1.807, 2.05) is 14.1 Å². The first kappa shape index (κ1) is 14.0. The molecule has 0 spiro atoms. The van der Waals surface area contributed by atoms with Crippen molar-refractivity contribution in [2.45, 2.75) is 39.2 Å². The summed E-state index contributed by atoms with van der Waals surface area (Å²) in [5, 5.41) is 12.1. The highest BCUT2D eigenvalue weighted by molar-refractivity contribution is 5.86. The van der Waals surface area contributed by atoms with Crippen molar-refractivity contribution < 1.29 is 4.79 Å². The van der Waals surface area contributed by atoms with E-state index in [9.17, 15) is 4.79 Å². The van der Waals surface area contributed by atoms with Crippen LogP contribution in [-0.2, 0) is 4.79 Å². The lowest BCUT2D eigenvalue weighted by atomic mass is 9.63. The third-order valence-corrected chi connectivity index (χ3v) is 3.93. The molecule has 0 aromatic carbocycles. The fraction of sp³-hybridized carbons (Fsp3) is 0.846. The largest absolute Gasteiger partial charge is 0.353 e. The minimum atomic E-state index is -0.762. The highest BCUT2D eigenvalue weighted by Crippen LogP contribution is 2.45. The van der Waals surface area contributed by atoms with E-state index in [1.54, 1.807) is 0 Å². The van der Waals surface area contributed by atoms with Crippen molar-refractivity contribution in [3.63, 3.8) is 0 Å². The molecule has 1 N–H and O–H groups in total. The van der Waals surface area contributed by atoms with Crippen LogP contribution in [0.15, 0.2) is 0 Å². The SMILES string of the molecule is CC1CC(C#N)(C(=O)NCC(C)(C)N(C)C)C1. The Labute approximate surface area is 104 Å². The molecule has 4 nitrogen and oxygen atoms in total. The average molecular weight is 237 g/mol. The molecule has 0 aliphatic heterocycles. The smallest absolute Gasteiger partial charge is 0.240 e. The first-order chi connectivity index (χ1) is 7.73. The second-order valence-electron chi connectivity index (χ2n) is 6.10. The summed E-state index contributed by atoms with van der Waals surface area (Å²) in [6.45, 7) is 6.77. The van der Waals surface area contributed by atoms with E-state index in [2.05, 4.69) is 37.1 Å². The first-order valence-electron chi connectivity index (χ1n) is 6.10. The molecular weight excluding hydrogens is 214 g/mol. The third kappa shape index (κ3) is 2.78. The summed E-state index contributed by atoms with van der Waals surface area (Å²) in [6, 6.07) is 2.18. The Kier molecular flexibility index (Phi) is 3.83. The highest BCUT2D eigenvalue weighted by atomic mass is 16.2. The minimum absolute atomic E-state index is 0.0956. The molecule has 1 saturated carbocycles. The van der Waals surface area contributed by atoms with Gasteiger partial charge in [0.25, 0.3) is 0 Å². The highest BCUT2D eigenvalue weighted by Gasteiger charge is 2.49. The predicted octanol–water partition coefficient (Wildman–Crippen LogP) is 1.38. The van der Waals surface area contributed by atoms with Crippen molar-refractivity contribution in [3.8, 4) is 6.07 Å². The normalized spacial score (nSPS) is 28.4. The predicted molar refractivity (Wildman–Crippen MR) is 67.2 cm³/mol. The van der Waals surface area contributed by atoms with Crippen molar-refractivity contribution in [1.82, 2.24) is 10.2 Å². The average Bonchev–Trinajstić information content (AvgIpc) is 2.21. The molecule has 0 aromatic heterocycles. The van der Waals surface area contributed by atoms with Gasteiger partial charge in [-0.1, -0.05) is 6.92 Å². The number of nitriles is 1. The summed E-state index contributed by atoms with van der Waals surface area (Å²) in [4.78, 5) is 14.1. The van der Waals surface area contributed by atoms with Gasteiger partial charge in [0.15, 0.2) is 0 Å². The number of carbonyl (C=O) groups is 1. The maximum atomic E-state index is 12.0. The van der Waals surface area contributed by atoms with Gasteiger partial charge < -0.3 is 10.2 Å². The molecule has 0 bridgehead atoms. The van der Waals surface area contributed by atoms with Crippen molar-refractivity contribution in [2.24, 2.45) is 11.3 Å². The molecule has 0 heterocycles. The van der Waals surface area contributed by atoms with Gasteiger partial charge in [-0.15, -0.1) is 0 Å². The van der Waals surface area contributed by atoms with Crippen molar-refractivity contribution in [3.05, 3.63) is 0 Å². The molecule has 1 fully saturated rings. The second-order valence-corrected chi connectivity index (χ2v) is 6.10. The number of amides is 1. The molecular formula is C13H23N3O. The fourth-order valence-corrected chi connectivity index (χ4v) is 2.08. The molecule has 1 rings (SSSR count). The van der Waals surface area contributed by atoms with Crippen molar-refractivity contribution in [2.75, 3.05) is 20.6 Å². The van der Waals surface area contributed by atoms with Crippen LogP contribution in [0, 0.1) is 22.7 Å². The van der Waals surface area contributed by atoms with Gasteiger partial charge in [0.1, 0.15) is 5.41 Å². The summed E-state index contributed by atoms with van der Waals surface area (Å²) < 4.78 is 0. The van der Waals surface area contributed by atoms with Crippen LogP contribution >= 0.6 is 0 Å². The summed E-state index contributed by atoms with van der Waals surface area (Å²) in [5.41, 5.74) is -0.858. The molecule has 1 aliphatic carbocycles. The summed E-state index contributed by atoms with van der Waals surface area (Å²) in [5.74, 6) is 0.385. The molecule has 96 valence electrons. The molecule has 4 heteroatoms. The van der Waals surface area contributed by atoms with Gasteiger partial charge in [-0.05, 0) is 46.7 Å². The van der Waals surface area contributed by atoms with E-state index in [4.69, 9.17) is 5.26 Å². The van der Waals surface area contributed by atoms with Gasteiger partial charge in [0, 0.05) is 12.1 Å². The van der Waals surface area contributed by atoms with E-state index in [0.717, 1.165) is 0 Å². The molecule has 0 aromatic rings. The lowest BCUT2D eigenvalue weighted by Crippen LogP contribution is -2.54. The Morgan fingerprint density at radius 1 is 1.53 bits per heavy atom. The van der Waals surface area contributed by atoms with Gasteiger partial charge in [0.2, 0.25) is 5.91 Å². The second kappa shape index (κ2) is 4.66. The lowest BCUT2D eigenvalue weighted by Gasteiger charge is -2.40. The van der Waals surface area contributed by atoms with Crippen LogP contribution in [0.3, 0.4) is 0 Å². The number of carbonyl (C=O) groups excluding carboxylic acids is 1. The van der Waals surface area contributed by atoms with E-state index in [0.29, 0.717) is 25.3 Å². The Morgan fingerprint density at radius 2 is 2.06 bits per heavy atom. The van der Waals surface area contributed by atoms with Crippen LogP contribution in [-0.4, -0.2) is 37.0 Å². The van der Waals surface area contributed by atoms with Crippen LogP contribution < -0.4 is 5.32 Å². The van der Waals surface area contributed by atoms with Gasteiger partial charge in [0.05, 0.1) is 6.07 Å². The summed E-state index contributed by atoms with van der Waals surface area (Å²) in [7, 11) is 3.97. The Hall–Kier alpha value is -1.08. The zero-order valence-electron chi connectivity index (χ0n) is 11.5. The Morgan fingerprint density at radius 3 is 2.41 bits per heavy atom. The standard InChI is InChI=1S/C13H23N3O/c1-10-6-13(7-10,8-14)11(17)15-9-12(2,3)16(4)5/h10H,6-7,9H2,1-5H3,(H,15,17). The molecule has 0 saturated heterocycles. The number of hydrogen-bond donors (Lipinski definition) is 1. The van der Waals surface area contributed by atoms with E-state index in [1.165, 1.54) is 0 Å². The van der Waals surface area contributed by atoms with Gasteiger partial charge in [-0.3, -0.25) is 4.79 Å². The number of likely N-dealkylation sites (N-methyl/N-ethyl adjacent to an activating group) is 1. The van der Waals surface area contributed by atoms with E-state index < -0.39 is 5.41 Å². The Bertz CT molecular complexity index is 335. The molecule has 0 atom stereocenters. The minimum Gasteiger partial charge on any atom is -0.353 e. The number of hydrogen-bond acceptors (Lipinski definition) is 3. The Balaban J connectivity index is 2.54. The molecule has 0 unspecified atom stereocenters. The lowest BCUT2D eigenvalue weighted by molar-refractivity contribution is -0.134. The zero-order valence-corrected chi connectivity index (χ0v) is 11.5. The molecule has 0 radical (unpaired) electrons. The summed E-state index contributed by atoms with van der Waals surface area (Å²) in [6.07, 6.45) is 1.38. The topological polar surface area (TPSA) is 56.1 Å². The fourth-order valence-electron chi connectivity index (χ4n) is 2.08. The quantitative estimate of drug-likeness (QED) is 0.803. The van der Waals surface area contributed by atoms with Crippen LogP contribution in [0.5, 0.6) is 0 Å². The zero-order chi connectivity index (χ0) is 13.3. The van der Waals surface area contributed by atoms with Gasteiger partial charge >= 0.3 is 0 Å². The molecule has 1 amide bonds. The summed E-state index contributed by atoms with van der Waals surface area (Å²) >= 11 is 0. The third-order valence-electron chi connectivity index (χ3n) is 3.93. The monoisotopic (exact) mass is 237 g/mol. The van der Waals surface area contributed by atoms with Crippen LogP contribution in [0.1, 0.15) is 33.6 Å². The maximum Gasteiger partial charge on any atom is 0.240 e. The molecule has 17 heavy (non-hydrogen) atoms. The van der Waals surface area contributed by atoms with Crippen molar-refractivity contribution in [1.29, 1.82) is 5.26 Å². The van der Waals surface area contributed by atoms with Crippen LogP contribution in [0.2, 0.25) is 0 Å². The van der Waals surface area contributed by atoms with Crippen LogP contribution in [0.4, 0.5) is 0 Å². The number of nitrogens with one attached hydrogen (secondary N) is 1. The maximum absolute atomic E-state index is 12.0. The number of rotatable bonds is 4. The van der Waals surface area contributed by atoms with E-state index >= 15 is 0 Å². The van der Waals surface area contributed by atoms with Gasteiger partial charge in [-0.25, -0.2) is 0 Å². The van der Waals surface area contributed by atoms with Crippen molar-refractivity contribution >= 4 is 5.91 Å². The van der Waals surface area contributed by atoms with Gasteiger partial charge in [-0.2, -0.15) is 5.26 Å². The first-order valence-corrected chi connectivity index (χ1v) is 6.10. The number of nitrogens with zero attached hydrogens (tertiary/aromatic N) is 2. The van der Waals surface area contributed by atoms with E-state index in [-0.39, 0.29) is 11.4 Å². The molecule has 1 aliphatic rings. The van der Waals surface area contributed by atoms with Crippen LogP contribution in [0.25, 0.3) is 0 Å².